The number of allylic oxidation sites excluding steroid dienone is 6. The van der Waals surface area contributed by atoms with Crippen LogP contribution in [0.25, 0.3) is 10.8 Å². The van der Waals surface area contributed by atoms with Gasteiger partial charge in [-0.2, -0.15) is 0 Å². The number of aryl methyl sites for hydroxylation is 1. The highest BCUT2D eigenvalue weighted by Crippen LogP contribution is 2.19. The number of aromatic nitrogens is 1. The van der Waals surface area contributed by atoms with Crippen molar-refractivity contribution in [2.45, 2.75) is 80.6 Å². The molecule has 0 amide bonds. The van der Waals surface area contributed by atoms with Gasteiger partial charge < -0.3 is 0 Å². The highest BCUT2D eigenvalue weighted by atomic mass is 14.7. The summed E-state index contributed by atoms with van der Waals surface area (Å²) in [5.41, 5.74) is 2.51. The number of hydrogen-bond donors (Lipinski definition) is 0. The van der Waals surface area contributed by atoms with Crippen LogP contribution in [0.5, 0.6) is 0 Å². The first kappa shape index (κ1) is 26.9. The SMILES string of the molecule is CC.CCC=CCC1C=CC(C)=CC1.CCCC.Cc1nccc2ccccc12. The van der Waals surface area contributed by atoms with Gasteiger partial charge in [-0.3, -0.25) is 4.98 Å². The maximum atomic E-state index is 4.21. The van der Waals surface area contributed by atoms with E-state index in [0.29, 0.717) is 0 Å². The zero-order chi connectivity index (χ0) is 21.9. The third kappa shape index (κ3) is 12.1. The highest BCUT2D eigenvalue weighted by molar-refractivity contribution is 5.83. The normalized spacial score (nSPS) is 14.7. The van der Waals surface area contributed by atoms with Crippen molar-refractivity contribution in [1.82, 2.24) is 4.98 Å². The summed E-state index contributed by atoms with van der Waals surface area (Å²) in [4.78, 5) is 4.21. The molecule has 160 valence electrons. The number of pyridine rings is 1. The van der Waals surface area contributed by atoms with E-state index in [0.717, 1.165) is 18.0 Å². The maximum Gasteiger partial charge on any atom is 0.0450 e. The molecule has 0 saturated heterocycles. The van der Waals surface area contributed by atoms with E-state index in [4.69, 9.17) is 0 Å². The fraction of sp³-hybridized carbons (Fsp3) is 0.464. The second-order valence-corrected chi connectivity index (χ2v) is 7.04. The predicted molar refractivity (Wildman–Crippen MR) is 133 cm³/mol. The first-order valence-corrected chi connectivity index (χ1v) is 11.4. The smallest absolute Gasteiger partial charge is 0.0450 e. The summed E-state index contributed by atoms with van der Waals surface area (Å²) >= 11 is 0. The summed E-state index contributed by atoms with van der Waals surface area (Å²) in [6, 6.07) is 10.3. The zero-order valence-electron chi connectivity index (χ0n) is 19.9. The van der Waals surface area contributed by atoms with Gasteiger partial charge in [-0.1, -0.05) is 108 Å². The van der Waals surface area contributed by atoms with Crippen molar-refractivity contribution >= 4 is 10.8 Å². The van der Waals surface area contributed by atoms with Crippen LogP contribution in [-0.2, 0) is 0 Å². The van der Waals surface area contributed by atoms with E-state index in [-0.39, 0.29) is 0 Å². The number of benzene rings is 1. The number of nitrogens with zero attached hydrogens (tertiary/aromatic N) is 1. The van der Waals surface area contributed by atoms with Crippen LogP contribution in [0.2, 0.25) is 0 Å². The molecule has 0 bridgehead atoms. The summed E-state index contributed by atoms with van der Waals surface area (Å²) in [6.45, 7) is 14.7. The van der Waals surface area contributed by atoms with Gasteiger partial charge in [0, 0.05) is 17.3 Å². The van der Waals surface area contributed by atoms with Crippen molar-refractivity contribution in [2.75, 3.05) is 0 Å². The molecule has 1 unspecified atom stereocenters. The minimum absolute atomic E-state index is 0.747. The van der Waals surface area contributed by atoms with Crippen LogP contribution in [0.3, 0.4) is 0 Å². The molecular formula is C28H43N. The molecule has 0 aliphatic heterocycles. The van der Waals surface area contributed by atoms with Gasteiger partial charge in [-0.25, -0.2) is 0 Å². The Hall–Kier alpha value is -2.15. The molecule has 1 aromatic carbocycles. The molecule has 0 fully saturated rings. The second kappa shape index (κ2) is 17.9. The Morgan fingerprint density at radius 1 is 0.966 bits per heavy atom. The lowest BCUT2D eigenvalue weighted by Crippen LogP contribution is -1.96. The van der Waals surface area contributed by atoms with Crippen molar-refractivity contribution in [1.29, 1.82) is 0 Å². The molecule has 0 saturated carbocycles. The first-order valence-electron chi connectivity index (χ1n) is 11.4. The molecule has 0 N–H and O–H groups in total. The Bertz CT molecular complexity index is 730. The molecule has 1 aliphatic rings. The molecule has 3 rings (SSSR count). The summed E-state index contributed by atoms with van der Waals surface area (Å²) in [7, 11) is 0. The molecule has 1 atom stereocenters. The van der Waals surface area contributed by atoms with E-state index in [1.165, 1.54) is 42.0 Å². The van der Waals surface area contributed by atoms with Crippen molar-refractivity contribution in [3.05, 3.63) is 78.2 Å². The topological polar surface area (TPSA) is 12.9 Å². The van der Waals surface area contributed by atoms with Crippen molar-refractivity contribution in [3.8, 4) is 0 Å². The molecule has 2 aromatic rings. The van der Waals surface area contributed by atoms with E-state index in [2.05, 4.69) is 75.2 Å². The summed E-state index contributed by atoms with van der Waals surface area (Å²) in [5, 5.41) is 2.51. The molecule has 1 heteroatoms. The second-order valence-electron chi connectivity index (χ2n) is 7.04. The number of unbranched alkanes of at least 4 members (excludes halogenated alkanes) is 1. The monoisotopic (exact) mass is 393 g/mol. The zero-order valence-corrected chi connectivity index (χ0v) is 19.9. The van der Waals surface area contributed by atoms with Crippen LogP contribution in [0.1, 0.15) is 79.3 Å². The van der Waals surface area contributed by atoms with Gasteiger partial charge in [0.25, 0.3) is 0 Å². The van der Waals surface area contributed by atoms with E-state index in [1.54, 1.807) is 0 Å². The molecule has 1 aromatic heterocycles. The average molecular weight is 394 g/mol. The molecule has 0 spiro atoms. The number of fused-ring (bicyclic) bond motifs is 1. The minimum Gasteiger partial charge on any atom is -0.261 e. The number of rotatable bonds is 4. The Morgan fingerprint density at radius 3 is 2.21 bits per heavy atom. The lowest BCUT2D eigenvalue weighted by Gasteiger charge is -2.11. The van der Waals surface area contributed by atoms with E-state index in [9.17, 15) is 0 Å². The first-order chi connectivity index (χ1) is 14.1. The molecular weight excluding hydrogens is 350 g/mol. The van der Waals surface area contributed by atoms with Crippen LogP contribution < -0.4 is 0 Å². The van der Waals surface area contributed by atoms with Gasteiger partial charge in [-0.05, 0) is 50.5 Å². The Kier molecular flexibility index (Phi) is 16.6. The lowest BCUT2D eigenvalue weighted by molar-refractivity contribution is 0.664. The van der Waals surface area contributed by atoms with Crippen LogP contribution in [0.15, 0.2) is 72.5 Å². The third-order valence-electron chi connectivity index (χ3n) is 4.59. The van der Waals surface area contributed by atoms with Gasteiger partial charge in [-0.15, -0.1) is 0 Å². The van der Waals surface area contributed by atoms with E-state index < -0.39 is 0 Å². The summed E-state index contributed by atoms with van der Waals surface area (Å²) in [6.07, 6.45) is 19.5. The molecule has 29 heavy (non-hydrogen) atoms. The van der Waals surface area contributed by atoms with Crippen molar-refractivity contribution < 1.29 is 0 Å². The summed E-state index contributed by atoms with van der Waals surface area (Å²) in [5.74, 6) is 0.747. The highest BCUT2D eigenvalue weighted by Gasteiger charge is 2.03. The van der Waals surface area contributed by atoms with Gasteiger partial charge in [0.05, 0.1) is 0 Å². The fourth-order valence-corrected chi connectivity index (χ4v) is 2.65. The molecule has 0 radical (unpaired) electrons. The minimum atomic E-state index is 0.747. The standard InChI is InChI=1S/C12H18.C10H9N.C4H10.C2H6/c1-3-4-5-6-12-9-7-11(2)8-10-12;1-8-10-5-3-2-4-9(10)6-7-11-8;1-3-4-2;1-2/h4-5,7-9,12H,3,6,10H2,1-2H3;2-7H,1H3;3-4H2,1-2H3;1-2H3. The number of hydrogen-bond acceptors (Lipinski definition) is 1. The molecule has 1 nitrogen and oxygen atoms in total. The predicted octanol–water partition coefficient (Wildman–Crippen LogP) is 9.24. The maximum absolute atomic E-state index is 4.21. The summed E-state index contributed by atoms with van der Waals surface area (Å²) < 4.78 is 0. The fourth-order valence-electron chi connectivity index (χ4n) is 2.65. The van der Waals surface area contributed by atoms with Crippen LogP contribution in [0.4, 0.5) is 0 Å². The third-order valence-corrected chi connectivity index (χ3v) is 4.59. The van der Waals surface area contributed by atoms with Gasteiger partial charge in [0.15, 0.2) is 0 Å². The molecule has 1 heterocycles. The van der Waals surface area contributed by atoms with Crippen LogP contribution in [0, 0.1) is 12.8 Å². The van der Waals surface area contributed by atoms with Crippen LogP contribution in [-0.4, -0.2) is 4.98 Å². The van der Waals surface area contributed by atoms with Gasteiger partial charge in [0.1, 0.15) is 0 Å². The molecule has 1 aliphatic carbocycles. The Balaban J connectivity index is 0.000000428. The van der Waals surface area contributed by atoms with E-state index >= 15 is 0 Å². The lowest BCUT2D eigenvalue weighted by atomic mass is 9.94. The van der Waals surface area contributed by atoms with Crippen molar-refractivity contribution in [2.24, 2.45) is 5.92 Å². The quantitative estimate of drug-likeness (QED) is 0.472. The largest absolute Gasteiger partial charge is 0.261 e. The van der Waals surface area contributed by atoms with Crippen LogP contribution >= 0.6 is 0 Å². The Labute approximate surface area is 180 Å². The van der Waals surface area contributed by atoms with Gasteiger partial charge >= 0.3 is 0 Å². The average Bonchev–Trinajstić information content (AvgIpc) is 2.78. The Morgan fingerprint density at radius 2 is 1.66 bits per heavy atom. The van der Waals surface area contributed by atoms with Crippen molar-refractivity contribution in [3.63, 3.8) is 0 Å². The van der Waals surface area contributed by atoms with Gasteiger partial charge in [0.2, 0.25) is 0 Å². The van der Waals surface area contributed by atoms with E-state index in [1.807, 2.05) is 45.2 Å².